The van der Waals surface area contributed by atoms with E-state index in [1.807, 2.05) is 36.1 Å². The largest absolute Gasteiger partial charge is 0.494 e. The van der Waals surface area contributed by atoms with Gasteiger partial charge >= 0.3 is 0 Å². The zero-order valence-corrected chi connectivity index (χ0v) is 17.9. The van der Waals surface area contributed by atoms with Crippen LogP contribution in [0, 0.1) is 11.7 Å². The summed E-state index contributed by atoms with van der Waals surface area (Å²) in [7, 11) is 0. The Balaban J connectivity index is 1.75. The van der Waals surface area contributed by atoms with Crippen LogP contribution in [0.5, 0.6) is 5.75 Å². The van der Waals surface area contributed by atoms with Gasteiger partial charge in [-0.25, -0.2) is 9.29 Å². The van der Waals surface area contributed by atoms with E-state index in [0.717, 1.165) is 43.0 Å². The number of anilines is 1. The fourth-order valence-electron chi connectivity index (χ4n) is 4.23. The Morgan fingerprint density at radius 3 is 2.39 bits per heavy atom. The van der Waals surface area contributed by atoms with E-state index in [4.69, 9.17) is 4.74 Å². The van der Waals surface area contributed by atoms with Crippen molar-refractivity contribution < 1.29 is 18.7 Å². The first kappa shape index (κ1) is 21.1. The predicted molar refractivity (Wildman–Crippen MR) is 118 cm³/mol. The van der Waals surface area contributed by atoms with E-state index in [1.54, 1.807) is 0 Å². The van der Waals surface area contributed by atoms with Crippen molar-refractivity contribution >= 4 is 23.1 Å². The molecule has 0 saturated carbocycles. The van der Waals surface area contributed by atoms with E-state index < -0.39 is 5.82 Å². The Bertz CT molecular complexity index is 998. The average Bonchev–Trinajstić information content (AvgIpc) is 3.03. The second-order valence-corrected chi connectivity index (χ2v) is 8.21. The highest BCUT2D eigenvalue weighted by atomic mass is 19.1. The molecule has 0 aromatic heterocycles. The van der Waals surface area contributed by atoms with Gasteiger partial charge in [-0.1, -0.05) is 26.0 Å². The standard InChI is InChI=1S/C25H27FN2O3/c1-3-15-31-21-12-6-18(7-13-21)22-23(27-14-4-5-17(2)16-27)25(30)28(24(22)29)20-10-8-19(26)9-11-20/h6-13,17H,3-5,14-16H2,1-2H3. The van der Waals surface area contributed by atoms with Crippen LogP contribution in [0.1, 0.15) is 38.7 Å². The summed E-state index contributed by atoms with van der Waals surface area (Å²) in [4.78, 5) is 30.2. The number of amides is 2. The van der Waals surface area contributed by atoms with Gasteiger partial charge in [-0.3, -0.25) is 9.59 Å². The predicted octanol–water partition coefficient (Wildman–Crippen LogP) is 4.63. The number of carbonyl (C=O) groups is 2. The molecule has 1 atom stereocenters. The van der Waals surface area contributed by atoms with Gasteiger partial charge in [-0.2, -0.15) is 0 Å². The first-order valence-electron chi connectivity index (χ1n) is 10.9. The van der Waals surface area contributed by atoms with Crippen molar-refractivity contribution in [3.8, 4) is 5.75 Å². The summed E-state index contributed by atoms with van der Waals surface area (Å²) in [5, 5.41) is 0. The van der Waals surface area contributed by atoms with Crippen LogP contribution < -0.4 is 9.64 Å². The maximum absolute atomic E-state index is 13.5. The zero-order valence-electron chi connectivity index (χ0n) is 17.9. The maximum Gasteiger partial charge on any atom is 0.282 e. The van der Waals surface area contributed by atoms with Crippen LogP contribution in [-0.4, -0.2) is 36.4 Å². The summed E-state index contributed by atoms with van der Waals surface area (Å²) in [6, 6.07) is 12.8. The lowest BCUT2D eigenvalue weighted by Gasteiger charge is -2.33. The van der Waals surface area contributed by atoms with E-state index in [2.05, 4.69) is 6.92 Å². The lowest BCUT2D eigenvalue weighted by molar-refractivity contribution is -0.120. The molecule has 31 heavy (non-hydrogen) atoms. The van der Waals surface area contributed by atoms with Crippen LogP contribution in [0.4, 0.5) is 10.1 Å². The van der Waals surface area contributed by atoms with Crippen molar-refractivity contribution in [1.29, 1.82) is 0 Å². The molecule has 1 unspecified atom stereocenters. The number of nitrogens with zero attached hydrogens (tertiary/aromatic N) is 2. The van der Waals surface area contributed by atoms with Crippen molar-refractivity contribution in [3.63, 3.8) is 0 Å². The van der Waals surface area contributed by atoms with Gasteiger partial charge in [0.2, 0.25) is 0 Å². The van der Waals surface area contributed by atoms with Crippen LogP contribution in [0.25, 0.3) is 5.57 Å². The fourth-order valence-corrected chi connectivity index (χ4v) is 4.23. The minimum absolute atomic E-state index is 0.355. The molecule has 6 heteroatoms. The minimum atomic E-state index is -0.413. The van der Waals surface area contributed by atoms with Gasteiger partial charge in [-0.05, 0) is 67.1 Å². The Kier molecular flexibility index (Phi) is 6.07. The van der Waals surface area contributed by atoms with E-state index in [-0.39, 0.29) is 11.8 Å². The molecule has 5 nitrogen and oxygen atoms in total. The summed E-state index contributed by atoms with van der Waals surface area (Å²) in [6.45, 7) is 6.28. The van der Waals surface area contributed by atoms with Crippen LogP contribution in [0.3, 0.4) is 0 Å². The molecule has 2 heterocycles. The van der Waals surface area contributed by atoms with Crippen LogP contribution in [0.2, 0.25) is 0 Å². The molecule has 0 N–H and O–H groups in total. The number of likely N-dealkylation sites (tertiary alicyclic amines) is 1. The van der Waals surface area contributed by atoms with Crippen molar-refractivity contribution in [1.82, 2.24) is 4.90 Å². The molecule has 2 aliphatic heterocycles. The van der Waals surface area contributed by atoms with Crippen molar-refractivity contribution in [3.05, 3.63) is 65.6 Å². The molecule has 162 valence electrons. The Labute approximate surface area is 182 Å². The van der Waals surface area contributed by atoms with Gasteiger partial charge in [-0.15, -0.1) is 0 Å². The Hall–Kier alpha value is -3.15. The average molecular weight is 423 g/mol. The molecule has 1 fully saturated rings. The fraction of sp³-hybridized carbons (Fsp3) is 0.360. The molecule has 1 saturated heterocycles. The first-order chi connectivity index (χ1) is 15.0. The number of ether oxygens (including phenoxy) is 1. The topological polar surface area (TPSA) is 49.9 Å². The highest BCUT2D eigenvalue weighted by Crippen LogP contribution is 2.37. The number of imide groups is 1. The van der Waals surface area contributed by atoms with Gasteiger partial charge in [0.25, 0.3) is 11.8 Å². The number of piperidine rings is 1. The SMILES string of the molecule is CCCOc1ccc(C2=C(N3CCCC(C)C3)C(=O)N(c3ccc(F)cc3)C2=O)cc1. The van der Waals surface area contributed by atoms with Gasteiger partial charge in [0.15, 0.2) is 0 Å². The zero-order chi connectivity index (χ0) is 22.0. The minimum Gasteiger partial charge on any atom is -0.494 e. The molecule has 0 bridgehead atoms. The molecular weight excluding hydrogens is 395 g/mol. The molecule has 2 amide bonds. The molecule has 2 aliphatic rings. The number of hydrogen-bond acceptors (Lipinski definition) is 4. The maximum atomic E-state index is 13.5. The lowest BCUT2D eigenvalue weighted by Crippen LogP contribution is -2.39. The number of rotatable bonds is 6. The van der Waals surface area contributed by atoms with E-state index in [0.29, 0.717) is 35.0 Å². The smallest absolute Gasteiger partial charge is 0.282 e. The number of carbonyl (C=O) groups excluding carboxylic acids is 2. The second kappa shape index (κ2) is 8.92. The summed E-state index contributed by atoms with van der Waals surface area (Å²) in [6.07, 6.45) is 2.98. The monoisotopic (exact) mass is 422 g/mol. The number of halogens is 1. The first-order valence-corrected chi connectivity index (χ1v) is 10.9. The summed E-state index contributed by atoms with van der Waals surface area (Å²) >= 11 is 0. The molecular formula is C25H27FN2O3. The molecule has 2 aromatic rings. The van der Waals surface area contributed by atoms with Gasteiger partial charge in [0.1, 0.15) is 17.3 Å². The third-order valence-corrected chi connectivity index (χ3v) is 5.73. The van der Waals surface area contributed by atoms with Gasteiger partial charge < -0.3 is 9.64 Å². The second-order valence-electron chi connectivity index (χ2n) is 8.21. The van der Waals surface area contributed by atoms with Crippen LogP contribution in [0.15, 0.2) is 54.2 Å². The molecule has 0 spiro atoms. The number of hydrogen-bond donors (Lipinski definition) is 0. The van der Waals surface area contributed by atoms with Crippen molar-refractivity contribution in [2.45, 2.75) is 33.1 Å². The van der Waals surface area contributed by atoms with Crippen molar-refractivity contribution in [2.24, 2.45) is 5.92 Å². The molecule has 4 rings (SSSR count). The normalized spacial score (nSPS) is 19.4. The third-order valence-electron chi connectivity index (χ3n) is 5.73. The molecule has 2 aromatic carbocycles. The quantitative estimate of drug-likeness (QED) is 0.637. The van der Waals surface area contributed by atoms with Gasteiger partial charge in [0, 0.05) is 13.1 Å². The number of benzene rings is 2. The summed E-state index contributed by atoms with van der Waals surface area (Å²) < 4.78 is 19.1. The highest BCUT2D eigenvalue weighted by Gasteiger charge is 2.43. The van der Waals surface area contributed by atoms with E-state index in [9.17, 15) is 14.0 Å². The Morgan fingerprint density at radius 2 is 1.74 bits per heavy atom. The summed E-state index contributed by atoms with van der Waals surface area (Å²) in [5.41, 5.74) is 1.88. The van der Waals surface area contributed by atoms with Crippen molar-refractivity contribution in [2.75, 3.05) is 24.6 Å². The lowest BCUT2D eigenvalue weighted by atomic mass is 9.97. The van der Waals surface area contributed by atoms with Crippen LogP contribution in [-0.2, 0) is 9.59 Å². The molecule has 0 radical (unpaired) electrons. The third kappa shape index (κ3) is 4.20. The summed E-state index contributed by atoms with van der Waals surface area (Å²) in [5.74, 6) is 0.0180. The molecule has 0 aliphatic carbocycles. The Morgan fingerprint density at radius 1 is 1.03 bits per heavy atom. The highest BCUT2D eigenvalue weighted by molar-refractivity contribution is 6.45. The van der Waals surface area contributed by atoms with E-state index >= 15 is 0 Å². The van der Waals surface area contributed by atoms with Crippen LogP contribution >= 0.6 is 0 Å². The van der Waals surface area contributed by atoms with E-state index in [1.165, 1.54) is 24.3 Å². The van der Waals surface area contributed by atoms with Gasteiger partial charge in [0.05, 0.1) is 17.9 Å².